The van der Waals surface area contributed by atoms with Crippen molar-refractivity contribution >= 4 is 12.2 Å². The van der Waals surface area contributed by atoms with Gasteiger partial charge in [0.15, 0.2) is 23.0 Å². The molecule has 4 heteroatoms. The van der Waals surface area contributed by atoms with E-state index in [1.54, 1.807) is 6.08 Å². The van der Waals surface area contributed by atoms with E-state index in [1.165, 1.54) is 6.08 Å². The molecule has 0 spiro atoms. The van der Waals surface area contributed by atoms with E-state index in [0.29, 0.717) is 0 Å². The summed E-state index contributed by atoms with van der Waals surface area (Å²) in [4.78, 5) is 0. The number of phenols is 4. The quantitative estimate of drug-likeness (QED) is 0.372. The fraction of sp³-hybridized carbons (Fsp3) is 0. The molecular weight excluding hydrogens is 232 g/mol. The lowest BCUT2D eigenvalue weighted by atomic mass is 10.1. The number of phenolic OH excluding ortho intramolecular Hbond substituents is 4. The van der Waals surface area contributed by atoms with Crippen molar-refractivity contribution in [3.8, 4) is 23.0 Å². The van der Waals surface area contributed by atoms with E-state index >= 15 is 0 Å². The summed E-state index contributed by atoms with van der Waals surface area (Å²) in [6, 6.07) is 10.1. The lowest BCUT2D eigenvalue weighted by Gasteiger charge is -2.06. The molecule has 0 saturated heterocycles. The van der Waals surface area contributed by atoms with Gasteiger partial charge in [-0.2, -0.15) is 0 Å². The molecule has 2 rings (SSSR count). The summed E-state index contributed by atoms with van der Waals surface area (Å²) < 4.78 is 0. The van der Waals surface area contributed by atoms with E-state index in [4.69, 9.17) is 0 Å². The van der Waals surface area contributed by atoms with Crippen LogP contribution in [0.4, 0.5) is 0 Å². The predicted octanol–water partition coefficient (Wildman–Crippen LogP) is 2.68. The number of aromatic hydroxyl groups is 4. The van der Waals surface area contributed by atoms with Gasteiger partial charge >= 0.3 is 0 Å². The molecular formula is C14H12O4. The molecule has 2 aromatic rings. The Kier molecular flexibility index (Phi) is 3.10. The van der Waals surface area contributed by atoms with Gasteiger partial charge < -0.3 is 20.4 Å². The van der Waals surface area contributed by atoms with Crippen LogP contribution in [0.3, 0.4) is 0 Å². The van der Waals surface area contributed by atoms with E-state index < -0.39 is 23.0 Å². The second-order valence-electron chi connectivity index (χ2n) is 3.77. The SMILES string of the molecule is Oc1cc(O)c(O)c(/C=C/c2ccccc2)c1O. The Balaban J connectivity index is 2.44. The number of hydrogen-bond donors (Lipinski definition) is 4. The summed E-state index contributed by atoms with van der Waals surface area (Å²) in [5.74, 6) is -1.93. The van der Waals surface area contributed by atoms with Crippen LogP contribution in [0, 0.1) is 0 Å². The maximum atomic E-state index is 9.61. The Morgan fingerprint density at radius 3 is 1.83 bits per heavy atom. The summed E-state index contributed by atoms with van der Waals surface area (Å²) in [6.45, 7) is 0. The minimum atomic E-state index is -0.488. The number of benzene rings is 2. The molecule has 4 nitrogen and oxygen atoms in total. The largest absolute Gasteiger partial charge is 0.504 e. The summed E-state index contributed by atoms with van der Waals surface area (Å²) in [6.07, 6.45) is 3.06. The first-order chi connectivity index (χ1) is 8.59. The highest BCUT2D eigenvalue weighted by Crippen LogP contribution is 2.42. The Morgan fingerprint density at radius 1 is 0.722 bits per heavy atom. The Morgan fingerprint density at radius 2 is 1.28 bits per heavy atom. The van der Waals surface area contributed by atoms with Crippen LogP contribution in [0.25, 0.3) is 12.2 Å². The third-order valence-electron chi connectivity index (χ3n) is 2.51. The summed E-state index contributed by atoms with van der Waals surface area (Å²) in [5.41, 5.74) is 0.829. The zero-order valence-electron chi connectivity index (χ0n) is 9.41. The highest BCUT2D eigenvalue weighted by molar-refractivity contribution is 5.79. The van der Waals surface area contributed by atoms with Crippen LogP contribution in [-0.2, 0) is 0 Å². The van der Waals surface area contributed by atoms with Crippen molar-refractivity contribution in [1.29, 1.82) is 0 Å². The first-order valence-electron chi connectivity index (χ1n) is 5.29. The minimum absolute atomic E-state index is 0.0312. The molecule has 2 aromatic carbocycles. The van der Waals surface area contributed by atoms with Gasteiger partial charge in [0.1, 0.15) is 0 Å². The van der Waals surface area contributed by atoms with Crippen LogP contribution in [0.1, 0.15) is 11.1 Å². The molecule has 4 N–H and O–H groups in total. The van der Waals surface area contributed by atoms with Crippen molar-refractivity contribution in [2.45, 2.75) is 0 Å². The molecule has 0 atom stereocenters. The van der Waals surface area contributed by atoms with Crippen LogP contribution in [-0.4, -0.2) is 20.4 Å². The molecule has 0 heterocycles. The molecule has 0 aliphatic heterocycles. The third kappa shape index (κ3) is 2.22. The molecule has 0 amide bonds. The monoisotopic (exact) mass is 244 g/mol. The first-order valence-corrected chi connectivity index (χ1v) is 5.29. The van der Waals surface area contributed by atoms with Crippen LogP contribution >= 0.6 is 0 Å². The minimum Gasteiger partial charge on any atom is -0.504 e. The second kappa shape index (κ2) is 4.71. The van der Waals surface area contributed by atoms with Gasteiger partial charge in [0.05, 0.1) is 5.56 Å². The van der Waals surface area contributed by atoms with Crippen LogP contribution < -0.4 is 0 Å². The lowest BCUT2D eigenvalue weighted by Crippen LogP contribution is -1.80. The van der Waals surface area contributed by atoms with Crippen molar-refractivity contribution in [1.82, 2.24) is 0 Å². The molecule has 0 aliphatic carbocycles. The van der Waals surface area contributed by atoms with E-state index in [-0.39, 0.29) is 5.56 Å². The zero-order valence-corrected chi connectivity index (χ0v) is 9.41. The Bertz CT molecular complexity index is 562. The molecule has 0 bridgehead atoms. The van der Waals surface area contributed by atoms with Gasteiger partial charge in [-0.15, -0.1) is 0 Å². The van der Waals surface area contributed by atoms with Crippen LogP contribution in [0.15, 0.2) is 36.4 Å². The molecule has 0 fully saturated rings. The van der Waals surface area contributed by atoms with Gasteiger partial charge in [0.2, 0.25) is 0 Å². The molecule has 0 aliphatic rings. The predicted molar refractivity (Wildman–Crippen MR) is 68.5 cm³/mol. The Labute approximate surface area is 104 Å². The lowest BCUT2D eigenvalue weighted by molar-refractivity contribution is 0.371. The number of hydrogen-bond acceptors (Lipinski definition) is 4. The average molecular weight is 244 g/mol. The first kappa shape index (κ1) is 11.9. The van der Waals surface area contributed by atoms with Crippen molar-refractivity contribution in [2.24, 2.45) is 0 Å². The Hall–Kier alpha value is -2.62. The fourth-order valence-corrected chi connectivity index (χ4v) is 1.56. The van der Waals surface area contributed by atoms with Gasteiger partial charge in [0.25, 0.3) is 0 Å². The topological polar surface area (TPSA) is 80.9 Å². The molecule has 0 radical (unpaired) electrons. The van der Waals surface area contributed by atoms with Gasteiger partial charge in [-0.25, -0.2) is 0 Å². The van der Waals surface area contributed by atoms with Crippen molar-refractivity contribution in [3.05, 3.63) is 47.5 Å². The molecule has 0 unspecified atom stereocenters. The summed E-state index contributed by atoms with van der Waals surface area (Å²) in [5, 5.41) is 37.9. The smallest absolute Gasteiger partial charge is 0.168 e. The standard InChI is InChI=1S/C14H12O4/c15-11-8-12(16)14(18)10(13(11)17)7-6-9-4-2-1-3-5-9/h1-8,15-18H/b7-6+. The molecule has 0 saturated carbocycles. The third-order valence-corrected chi connectivity index (χ3v) is 2.51. The van der Waals surface area contributed by atoms with Crippen molar-refractivity contribution in [3.63, 3.8) is 0 Å². The average Bonchev–Trinajstić information content (AvgIpc) is 2.38. The summed E-state index contributed by atoms with van der Waals surface area (Å²) in [7, 11) is 0. The normalized spacial score (nSPS) is 10.9. The van der Waals surface area contributed by atoms with Gasteiger partial charge in [-0.3, -0.25) is 0 Å². The van der Waals surface area contributed by atoms with Crippen LogP contribution in [0.5, 0.6) is 23.0 Å². The highest BCUT2D eigenvalue weighted by Gasteiger charge is 2.14. The maximum absolute atomic E-state index is 9.61. The molecule has 92 valence electrons. The van der Waals surface area contributed by atoms with Crippen LogP contribution in [0.2, 0.25) is 0 Å². The van der Waals surface area contributed by atoms with E-state index in [0.717, 1.165) is 11.6 Å². The fourth-order valence-electron chi connectivity index (χ4n) is 1.56. The van der Waals surface area contributed by atoms with E-state index in [2.05, 4.69) is 0 Å². The van der Waals surface area contributed by atoms with E-state index in [9.17, 15) is 20.4 Å². The summed E-state index contributed by atoms with van der Waals surface area (Å²) >= 11 is 0. The zero-order chi connectivity index (χ0) is 13.1. The van der Waals surface area contributed by atoms with E-state index in [1.807, 2.05) is 30.3 Å². The van der Waals surface area contributed by atoms with Gasteiger partial charge in [-0.05, 0) is 11.6 Å². The van der Waals surface area contributed by atoms with Gasteiger partial charge in [0, 0.05) is 6.07 Å². The molecule has 0 aromatic heterocycles. The number of rotatable bonds is 2. The highest BCUT2D eigenvalue weighted by atomic mass is 16.3. The van der Waals surface area contributed by atoms with Crippen molar-refractivity contribution < 1.29 is 20.4 Å². The molecule has 18 heavy (non-hydrogen) atoms. The second-order valence-corrected chi connectivity index (χ2v) is 3.77. The van der Waals surface area contributed by atoms with Crippen molar-refractivity contribution in [2.75, 3.05) is 0 Å². The van der Waals surface area contributed by atoms with Gasteiger partial charge in [-0.1, -0.05) is 36.4 Å². The maximum Gasteiger partial charge on any atom is 0.168 e.